The maximum absolute atomic E-state index is 11.9. The molecule has 0 N–H and O–H groups in total. The zero-order valence-electron chi connectivity index (χ0n) is 12.6. The van der Waals surface area contributed by atoms with Crippen LogP contribution in [0.15, 0.2) is 24.3 Å². The molecule has 1 aromatic rings. The quantitative estimate of drug-likeness (QED) is 0.824. The van der Waals surface area contributed by atoms with Crippen molar-refractivity contribution in [3.63, 3.8) is 0 Å². The maximum Gasteiger partial charge on any atom is 0.222 e. The smallest absolute Gasteiger partial charge is 0.222 e. The first-order valence-corrected chi connectivity index (χ1v) is 7.66. The first-order valence-electron chi connectivity index (χ1n) is 7.66. The van der Waals surface area contributed by atoms with Crippen LogP contribution in [0.5, 0.6) is 5.75 Å². The molecule has 2 rings (SSSR count). The predicted octanol–water partition coefficient (Wildman–Crippen LogP) is 3.41. The van der Waals surface area contributed by atoms with E-state index in [0.717, 1.165) is 38.1 Å². The molecule has 20 heavy (non-hydrogen) atoms. The summed E-state index contributed by atoms with van der Waals surface area (Å²) in [5.74, 6) is 1.69. The van der Waals surface area contributed by atoms with Gasteiger partial charge in [-0.25, -0.2) is 0 Å². The summed E-state index contributed by atoms with van der Waals surface area (Å²) in [4.78, 5) is 14.0. The van der Waals surface area contributed by atoms with Crippen LogP contribution in [-0.4, -0.2) is 30.5 Å². The molecule has 3 nitrogen and oxygen atoms in total. The minimum absolute atomic E-state index is 0.299. The Balaban J connectivity index is 1.80. The van der Waals surface area contributed by atoms with Gasteiger partial charge in [-0.15, -0.1) is 0 Å². The summed E-state index contributed by atoms with van der Waals surface area (Å²) in [5, 5.41) is 0. The monoisotopic (exact) mass is 275 g/mol. The lowest BCUT2D eigenvalue weighted by atomic mass is 9.98. The van der Waals surface area contributed by atoms with Gasteiger partial charge >= 0.3 is 0 Å². The molecule has 0 aliphatic carbocycles. The number of carbonyl (C=O) groups excluding carboxylic acids is 1. The Morgan fingerprint density at radius 2 is 2.10 bits per heavy atom. The number of aryl methyl sites for hydroxylation is 1. The Morgan fingerprint density at radius 3 is 2.80 bits per heavy atom. The molecular formula is C17H25NO2. The highest BCUT2D eigenvalue weighted by molar-refractivity contribution is 5.76. The summed E-state index contributed by atoms with van der Waals surface area (Å²) in [6.45, 7) is 6.60. The first kappa shape index (κ1) is 14.9. The number of amides is 1. The van der Waals surface area contributed by atoms with Gasteiger partial charge in [0.15, 0.2) is 0 Å². The minimum atomic E-state index is 0.299. The van der Waals surface area contributed by atoms with E-state index < -0.39 is 0 Å². The van der Waals surface area contributed by atoms with Crippen molar-refractivity contribution < 1.29 is 9.53 Å². The Kier molecular flexibility index (Phi) is 5.45. The number of piperidine rings is 1. The van der Waals surface area contributed by atoms with Crippen LogP contribution in [0.2, 0.25) is 0 Å². The Morgan fingerprint density at radius 1 is 1.35 bits per heavy atom. The van der Waals surface area contributed by atoms with E-state index in [1.54, 1.807) is 0 Å². The molecule has 1 heterocycles. The number of hydrogen-bond acceptors (Lipinski definition) is 2. The van der Waals surface area contributed by atoms with Crippen molar-refractivity contribution in [1.29, 1.82) is 0 Å². The van der Waals surface area contributed by atoms with Gasteiger partial charge in [-0.2, -0.15) is 0 Å². The van der Waals surface area contributed by atoms with Crippen LogP contribution in [0.3, 0.4) is 0 Å². The molecule has 0 spiro atoms. The molecule has 1 saturated heterocycles. The molecular weight excluding hydrogens is 250 g/mol. The topological polar surface area (TPSA) is 29.5 Å². The molecule has 1 aliphatic rings. The summed E-state index contributed by atoms with van der Waals surface area (Å²) in [7, 11) is 0. The van der Waals surface area contributed by atoms with Gasteiger partial charge in [-0.3, -0.25) is 4.79 Å². The second-order valence-corrected chi connectivity index (χ2v) is 5.72. The summed E-state index contributed by atoms with van der Waals surface area (Å²) in [5.41, 5.74) is 1.24. The van der Waals surface area contributed by atoms with Crippen molar-refractivity contribution in [2.45, 2.75) is 39.5 Å². The normalized spacial score (nSPS) is 18.9. The molecule has 1 fully saturated rings. The van der Waals surface area contributed by atoms with Crippen LogP contribution in [0.25, 0.3) is 0 Å². The molecule has 0 aromatic heterocycles. The summed E-state index contributed by atoms with van der Waals surface area (Å²) >= 11 is 0. The van der Waals surface area contributed by atoms with Crippen LogP contribution in [0.4, 0.5) is 0 Å². The van der Waals surface area contributed by atoms with E-state index in [-0.39, 0.29) is 0 Å². The summed E-state index contributed by atoms with van der Waals surface area (Å²) in [6.07, 6.45) is 3.85. The zero-order chi connectivity index (χ0) is 14.4. The van der Waals surface area contributed by atoms with Crippen LogP contribution in [0, 0.1) is 12.8 Å². The molecule has 1 unspecified atom stereocenters. The lowest BCUT2D eigenvalue weighted by Gasteiger charge is -2.32. The van der Waals surface area contributed by atoms with Crippen LogP contribution >= 0.6 is 0 Å². The number of nitrogens with zero attached hydrogens (tertiary/aromatic N) is 1. The van der Waals surface area contributed by atoms with E-state index in [4.69, 9.17) is 4.74 Å². The number of benzene rings is 1. The molecule has 3 heteroatoms. The van der Waals surface area contributed by atoms with E-state index in [9.17, 15) is 4.79 Å². The summed E-state index contributed by atoms with van der Waals surface area (Å²) in [6, 6.07) is 8.15. The molecule has 110 valence electrons. The Bertz CT molecular complexity index is 427. The average Bonchev–Trinajstić information content (AvgIpc) is 2.47. The van der Waals surface area contributed by atoms with Crippen LogP contribution in [0.1, 0.15) is 38.2 Å². The third kappa shape index (κ3) is 4.26. The number of ether oxygens (including phenoxy) is 1. The van der Waals surface area contributed by atoms with E-state index >= 15 is 0 Å². The van der Waals surface area contributed by atoms with E-state index in [1.807, 2.05) is 17.0 Å². The van der Waals surface area contributed by atoms with Gasteiger partial charge in [0.1, 0.15) is 5.75 Å². The lowest BCUT2D eigenvalue weighted by molar-refractivity contribution is -0.133. The second-order valence-electron chi connectivity index (χ2n) is 5.72. The molecule has 1 amide bonds. The van der Waals surface area contributed by atoms with Crippen molar-refractivity contribution in [2.75, 3.05) is 19.7 Å². The molecule has 1 atom stereocenters. The zero-order valence-corrected chi connectivity index (χ0v) is 12.6. The Labute approximate surface area is 121 Å². The number of hydrogen-bond donors (Lipinski definition) is 0. The minimum Gasteiger partial charge on any atom is -0.493 e. The van der Waals surface area contributed by atoms with Crippen molar-refractivity contribution in [1.82, 2.24) is 4.90 Å². The van der Waals surface area contributed by atoms with E-state index in [1.165, 1.54) is 5.56 Å². The van der Waals surface area contributed by atoms with Gasteiger partial charge in [0.2, 0.25) is 5.91 Å². The van der Waals surface area contributed by atoms with Crippen LogP contribution < -0.4 is 4.74 Å². The SMILES string of the molecule is CCCC(=O)N1CCCC(COc2ccc(C)cc2)C1. The fraction of sp³-hybridized carbons (Fsp3) is 0.588. The lowest BCUT2D eigenvalue weighted by Crippen LogP contribution is -2.41. The highest BCUT2D eigenvalue weighted by atomic mass is 16.5. The Hall–Kier alpha value is -1.51. The fourth-order valence-electron chi connectivity index (χ4n) is 2.65. The van der Waals surface area contributed by atoms with Gasteiger partial charge in [0.05, 0.1) is 6.61 Å². The molecule has 0 bridgehead atoms. The largest absolute Gasteiger partial charge is 0.493 e. The third-order valence-electron chi connectivity index (χ3n) is 3.84. The molecule has 0 saturated carbocycles. The second kappa shape index (κ2) is 7.32. The molecule has 0 radical (unpaired) electrons. The summed E-state index contributed by atoms with van der Waals surface area (Å²) < 4.78 is 5.85. The van der Waals surface area contributed by atoms with E-state index in [2.05, 4.69) is 26.0 Å². The van der Waals surface area contributed by atoms with Gasteiger partial charge in [0.25, 0.3) is 0 Å². The van der Waals surface area contributed by atoms with Crippen molar-refractivity contribution >= 4 is 5.91 Å². The number of rotatable bonds is 5. The average molecular weight is 275 g/mol. The highest BCUT2D eigenvalue weighted by Gasteiger charge is 2.23. The first-order chi connectivity index (χ1) is 9.69. The van der Waals surface area contributed by atoms with Crippen molar-refractivity contribution in [3.05, 3.63) is 29.8 Å². The molecule has 1 aliphatic heterocycles. The van der Waals surface area contributed by atoms with Gasteiger partial charge in [-0.05, 0) is 38.3 Å². The molecule has 1 aromatic carbocycles. The highest BCUT2D eigenvalue weighted by Crippen LogP contribution is 2.20. The van der Waals surface area contributed by atoms with Crippen molar-refractivity contribution in [2.24, 2.45) is 5.92 Å². The van der Waals surface area contributed by atoms with Gasteiger partial charge < -0.3 is 9.64 Å². The van der Waals surface area contributed by atoms with E-state index in [0.29, 0.717) is 24.9 Å². The number of likely N-dealkylation sites (tertiary alicyclic amines) is 1. The van der Waals surface area contributed by atoms with Gasteiger partial charge in [0, 0.05) is 25.4 Å². The van der Waals surface area contributed by atoms with Crippen molar-refractivity contribution in [3.8, 4) is 5.75 Å². The third-order valence-corrected chi connectivity index (χ3v) is 3.84. The predicted molar refractivity (Wildman–Crippen MR) is 80.9 cm³/mol. The van der Waals surface area contributed by atoms with Gasteiger partial charge in [-0.1, -0.05) is 24.6 Å². The maximum atomic E-state index is 11.9. The standard InChI is InChI=1S/C17H25NO2/c1-3-5-17(19)18-11-4-6-15(12-18)13-20-16-9-7-14(2)8-10-16/h7-10,15H,3-6,11-13H2,1-2H3. The fourth-order valence-corrected chi connectivity index (χ4v) is 2.65. The number of carbonyl (C=O) groups is 1. The van der Waals surface area contributed by atoms with Crippen LogP contribution in [-0.2, 0) is 4.79 Å².